The number of nitrogens with zero attached hydrogens (tertiary/aromatic N) is 3. The van der Waals surface area contributed by atoms with Gasteiger partial charge >= 0.3 is 0 Å². The Morgan fingerprint density at radius 2 is 1.90 bits per heavy atom. The molecule has 2 heterocycles. The van der Waals surface area contributed by atoms with Crippen LogP contribution in [0.4, 0.5) is 5.82 Å². The molecule has 0 saturated carbocycles. The van der Waals surface area contributed by atoms with Gasteiger partial charge in [0.05, 0.1) is 6.10 Å². The van der Waals surface area contributed by atoms with E-state index in [2.05, 4.69) is 58.4 Å². The molecule has 0 radical (unpaired) electrons. The first-order chi connectivity index (χ1) is 13.6. The highest BCUT2D eigenvalue weighted by molar-refractivity contribution is 14.0. The summed E-state index contributed by atoms with van der Waals surface area (Å²) in [4.78, 5) is 11.4. The third kappa shape index (κ3) is 9.51. The first-order valence-electron chi connectivity index (χ1n) is 10.9. The molecule has 0 amide bonds. The zero-order chi connectivity index (χ0) is 20.2. The van der Waals surface area contributed by atoms with E-state index < -0.39 is 0 Å². The van der Waals surface area contributed by atoms with Crippen molar-refractivity contribution in [3.63, 3.8) is 0 Å². The predicted molar refractivity (Wildman–Crippen MR) is 133 cm³/mol. The Kier molecular flexibility index (Phi) is 13.3. The Morgan fingerprint density at radius 3 is 2.45 bits per heavy atom. The molecule has 0 spiro atoms. The number of rotatable bonds is 9. The zero-order valence-corrected chi connectivity index (χ0v) is 20.9. The number of halogens is 1. The smallest absolute Gasteiger partial charge is 0.191 e. The average molecular weight is 518 g/mol. The average Bonchev–Trinajstić information content (AvgIpc) is 2.99. The number of aliphatic imine (C=N–C) groups is 1. The minimum Gasteiger partial charge on any atom is -0.378 e. The van der Waals surface area contributed by atoms with Crippen molar-refractivity contribution >= 4 is 35.8 Å². The van der Waals surface area contributed by atoms with Crippen LogP contribution in [0, 0.1) is 5.92 Å². The van der Waals surface area contributed by atoms with Crippen LogP contribution in [0.1, 0.15) is 58.4 Å². The molecule has 1 aliphatic rings. The van der Waals surface area contributed by atoms with Gasteiger partial charge in [0.1, 0.15) is 5.82 Å². The minimum atomic E-state index is 0. The minimum absolute atomic E-state index is 0. The maximum absolute atomic E-state index is 5.80. The van der Waals surface area contributed by atoms with Crippen molar-refractivity contribution in [1.29, 1.82) is 0 Å². The van der Waals surface area contributed by atoms with Crippen molar-refractivity contribution in [2.45, 2.75) is 65.5 Å². The van der Waals surface area contributed by atoms with Gasteiger partial charge in [-0.3, -0.25) is 4.99 Å². The molecule has 0 bridgehead atoms. The number of aromatic nitrogens is 1. The summed E-state index contributed by atoms with van der Waals surface area (Å²) in [5.74, 6) is 2.44. The van der Waals surface area contributed by atoms with Crippen LogP contribution in [-0.2, 0) is 11.3 Å². The third-order valence-corrected chi connectivity index (χ3v) is 5.27. The van der Waals surface area contributed by atoms with E-state index in [4.69, 9.17) is 4.74 Å². The van der Waals surface area contributed by atoms with Crippen molar-refractivity contribution in [3.8, 4) is 0 Å². The van der Waals surface area contributed by atoms with Gasteiger partial charge in [0, 0.05) is 46.0 Å². The zero-order valence-electron chi connectivity index (χ0n) is 18.6. The summed E-state index contributed by atoms with van der Waals surface area (Å²) in [6.45, 7) is 11.0. The summed E-state index contributed by atoms with van der Waals surface area (Å²) in [5.41, 5.74) is 1.16. The van der Waals surface area contributed by atoms with Gasteiger partial charge in [0.15, 0.2) is 5.96 Å². The normalized spacial score (nSPS) is 16.2. The molecule has 1 unspecified atom stereocenters. The fourth-order valence-electron chi connectivity index (χ4n) is 3.57. The maximum atomic E-state index is 5.80. The lowest BCUT2D eigenvalue weighted by molar-refractivity contribution is 0.0258. The van der Waals surface area contributed by atoms with Crippen molar-refractivity contribution in [1.82, 2.24) is 15.6 Å². The van der Waals surface area contributed by atoms with Crippen molar-refractivity contribution < 1.29 is 4.74 Å². The van der Waals surface area contributed by atoms with Crippen LogP contribution < -0.4 is 15.5 Å². The molecule has 1 aliphatic heterocycles. The van der Waals surface area contributed by atoms with Gasteiger partial charge < -0.3 is 20.3 Å². The molecule has 1 aromatic rings. The molecule has 6 nitrogen and oxygen atoms in total. The van der Waals surface area contributed by atoms with E-state index in [9.17, 15) is 0 Å². The fourth-order valence-corrected chi connectivity index (χ4v) is 3.57. The standard InChI is InChI=1S/C22H39N5O.HI/c1-5-28-20(18(2)3)12-13-24-22(23-4)26-17-19-10-11-21(25-16-19)27-14-8-6-7-9-15-27;/h10-11,16,18,20H,5-9,12-15,17H2,1-4H3,(H2,23,24,26);1H. The number of guanidine groups is 1. The van der Waals surface area contributed by atoms with Crippen LogP contribution in [0.3, 0.4) is 0 Å². The predicted octanol–water partition coefficient (Wildman–Crippen LogP) is 4.20. The monoisotopic (exact) mass is 517 g/mol. The van der Waals surface area contributed by atoms with Gasteiger partial charge in [-0.05, 0) is 43.7 Å². The highest BCUT2D eigenvalue weighted by Crippen LogP contribution is 2.17. The highest BCUT2D eigenvalue weighted by atomic mass is 127. The molecular weight excluding hydrogens is 477 g/mol. The quantitative estimate of drug-likeness (QED) is 0.292. The molecule has 29 heavy (non-hydrogen) atoms. The van der Waals surface area contributed by atoms with E-state index in [1.54, 1.807) is 7.05 Å². The topological polar surface area (TPSA) is 61.8 Å². The number of pyridine rings is 1. The number of anilines is 1. The molecule has 0 aromatic carbocycles. The second kappa shape index (κ2) is 14.8. The first-order valence-corrected chi connectivity index (χ1v) is 10.9. The van der Waals surface area contributed by atoms with Gasteiger partial charge in [-0.25, -0.2) is 4.98 Å². The van der Waals surface area contributed by atoms with Crippen LogP contribution in [0.15, 0.2) is 23.3 Å². The molecule has 1 saturated heterocycles. The maximum Gasteiger partial charge on any atom is 0.191 e. The van der Waals surface area contributed by atoms with E-state index in [-0.39, 0.29) is 30.1 Å². The largest absolute Gasteiger partial charge is 0.378 e. The molecule has 1 atom stereocenters. The molecular formula is C22H40IN5O. The fraction of sp³-hybridized carbons (Fsp3) is 0.727. The number of ether oxygens (including phenoxy) is 1. The van der Waals surface area contributed by atoms with Crippen molar-refractivity contribution in [3.05, 3.63) is 23.9 Å². The number of hydrogen-bond donors (Lipinski definition) is 2. The van der Waals surface area contributed by atoms with Crippen LogP contribution in [-0.4, -0.2) is 50.3 Å². The summed E-state index contributed by atoms with van der Waals surface area (Å²) >= 11 is 0. The lowest BCUT2D eigenvalue weighted by Crippen LogP contribution is -2.39. The number of nitrogens with one attached hydrogen (secondary N) is 2. The van der Waals surface area contributed by atoms with Gasteiger partial charge in [-0.15, -0.1) is 24.0 Å². The summed E-state index contributed by atoms with van der Waals surface area (Å²) < 4.78 is 5.80. The van der Waals surface area contributed by atoms with E-state index in [1.165, 1.54) is 25.7 Å². The molecule has 0 aliphatic carbocycles. The number of hydrogen-bond acceptors (Lipinski definition) is 4. The van der Waals surface area contributed by atoms with Crippen LogP contribution in [0.5, 0.6) is 0 Å². The van der Waals surface area contributed by atoms with Gasteiger partial charge in [-0.1, -0.05) is 32.8 Å². The second-order valence-electron chi connectivity index (χ2n) is 7.80. The third-order valence-electron chi connectivity index (χ3n) is 5.27. The molecule has 166 valence electrons. The first kappa shape index (κ1) is 25.9. The van der Waals surface area contributed by atoms with Gasteiger partial charge in [-0.2, -0.15) is 0 Å². The SMILES string of the molecule is CCOC(CCNC(=NC)NCc1ccc(N2CCCCCC2)nc1)C(C)C.I. The van der Waals surface area contributed by atoms with Gasteiger partial charge in [0.25, 0.3) is 0 Å². The Hall–Kier alpha value is -1.09. The molecule has 7 heteroatoms. The molecule has 2 N–H and O–H groups in total. The van der Waals surface area contributed by atoms with Gasteiger partial charge in [0.2, 0.25) is 0 Å². The van der Waals surface area contributed by atoms with E-state index in [0.717, 1.165) is 50.0 Å². The van der Waals surface area contributed by atoms with Crippen LogP contribution in [0.2, 0.25) is 0 Å². The Morgan fingerprint density at radius 1 is 1.17 bits per heavy atom. The molecule has 1 aromatic heterocycles. The Bertz CT molecular complexity index is 571. The van der Waals surface area contributed by atoms with Crippen LogP contribution in [0.25, 0.3) is 0 Å². The Balaban J connectivity index is 0.00000420. The van der Waals surface area contributed by atoms with Crippen molar-refractivity contribution in [2.75, 3.05) is 38.2 Å². The van der Waals surface area contributed by atoms with E-state index in [1.807, 2.05) is 6.20 Å². The lowest BCUT2D eigenvalue weighted by atomic mass is 10.0. The molecule has 2 rings (SSSR count). The molecule has 1 fully saturated rings. The summed E-state index contributed by atoms with van der Waals surface area (Å²) in [5, 5.41) is 6.76. The second-order valence-corrected chi connectivity index (χ2v) is 7.80. The summed E-state index contributed by atoms with van der Waals surface area (Å²) in [7, 11) is 1.80. The van der Waals surface area contributed by atoms with Crippen molar-refractivity contribution in [2.24, 2.45) is 10.9 Å². The Labute approximate surface area is 194 Å². The summed E-state index contributed by atoms with van der Waals surface area (Å²) in [6, 6.07) is 4.31. The van der Waals surface area contributed by atoms with E-state index in [0.29, 0.717) is 12.5 Å². The summed E-state index contributed by atoms with van der Waals surface area (Å²) in [6.07, 6.45) is 8.46. The highest BCUT2D eigenvalue weighted by Gasteiger charge is 2.13. The lowest BCUT2D eigenvalue weighted by Gasteiger charge is -2.22. The van der Waals surface area contributed by atoms with E-state index >= 15 is 0 Å². The van der Waals surface area contributed by atoms with Crippen LogP contribution >= 0.6 is 24.0 Å².